The molecule has 4 unspecified atom stereocenters. The van der Waals surface area contributed by atoms with Gasteiger partial charge in [0.15, 0.2) is 0 Å². The zero-order valence-corrected chi connectivity index (χ0v) is 18.7. The van der Waals surface area contributed by atoms with Crippen molar-refractivity contribution in [3.05, 3.63) is 0 Å². The van der Waals surface area contributed by atoms with E-state index in [0.29, 0.717) is 12.8 Å². The molecule has 0 spiro atoms. The molecule has 2 amide bonds. The first kappa shape index (κ1) is 29.1. The highest BCUT2D eigenvalue weighted by Gasteiger charge is 2.34. The van der Waals surface area contributed by atoms with Crippen LogP contribution in [0.4, 0.5) is 0 Å². The van der Waals surface area contributed by atoms with Crippen molar-refractivity contribution >= 4 is 36.4 Å². The van der Waals surface area contributed by atoms with Crippen molar-refractivity contribution < 1.29 is 39.6 Å². The van der Waals surface area contributed by atoms with Gasteiger partial charge in [-0.3, -0.25) is 19.2 Å². The molecule has 180 valence electrons. The Bertz CT molecular complexity index is 593. The minimum atomic E-state index is -1.31. The van der Waals surface area contributed by atoms with Crippen molar-refractivity contribution in [1.29, 1.82) is 0 Å². The van der Waals surface area contributed by atoms with Crippen molar-refractivity contribution in [3.63, 3.8) is 0 Å². The molecule has 31 heavy (non-hydrogen) atoms. The van der Waals surface area contributed by atoms with Crippen LogP contribution in [0.15, 0.2) is 0 Å². The second-order valence-electron chi connectivity index (χ2n) is 7.29. The van der Waals surface area contributed by atoms with E-state index >= 15 is 0 Å². The minimum absolute atomic E-state index is 0.0347. The van der Waals surface area contributed by atoms with Crippen LogP contribution < -0.4 is 11.1 Å². The second-order valence-corrected chi connectivity index (χ2v) is 7.65. The summed E-state index contributed by atoms with van der Waals surface area (Å²) in [6.07, 6.45) is 1.29. The summed E-state index contributed by atoms with van der Waals surface area (Å²) >= 11 is 4.06. The van der Waals surface area contributed by atoms with Gasteiger partial charge >= 0.3 is 11.9 Å². The lowest BCUT2D eigenvalue weighted by Crippen LogP contribution is -2.57. The van der Waals surface area contributed by atoms with Crippen LogP contribution in [0.25, 0.3) is 0 Å². The van der Waals surface area contributed by atoms with Crippen molar-refractivity contribution in [1.82, 2.24) is 10.2 Å². The number of carbonyl (C=O) groups excluding carboxylic acids is 2. The Morgan fingerprint density at radius 2 is 1.74 bits per heavy atom. The van der Waals surface area contributed by atoms with Crippen molar-refractivity contribution in [2.24, 2.45) is 5.73 Å². The zero-order chi connectivity index (χ0) is 24.0. The fraction of sp³-hybridized carbons (Fsp3) is 0.789. The fourth-order valence-electron chi connectivity index (χ4n) is 3.05. The molecule has 12 heteroatoms. The number of unbranched alkanes of at least 4 members (excludes halogenated alkanes) is 2. The summed E-state index contributed by atoms with van der Waals surface area (Å²) in [5, 5.41) is 40.4. The third kappa shape index (κ3) is 11.3. The van der Waals surface area contributed by atoms with Crippen LogP contribution in [0.3, 0.4) is 0 Å². The summed E-state index contributed by atoms with van der Waals surface area (Å²) in [5.74, 6) is -4.12. The fourth-order valence-corrected chi connectivity index (χ4v) is 3.30. The molecule has 0 aliphatic heterocycles. The van der Waals surface area contributed by atoms with Crippen LogP contribution >= 0.6 is 12.6 Å². The second kappa shape index (κ2) is 15.8. The number of rotatable bonds is 17. The van der Waals surface area contributed by atoms with Crippen molar-refractivity contribution in [2.45, 2.75) is 76.1 Å². The number of amides is 2. The number of nitrogens with zero attached hydrogens (tertiary/aromatic N) is 1. The van der Waals surface area contributed by atoms with Gasteiger partial charge in [-0.1, -0.05) is 26.2 Å². The number of carbonyl (C=O) groups is 4. The van der Waals surface area contributed by atoms with Crippen LogP contribution in [-0.4, -0.2) is 92.2 Å². The molecular weight excluding hydrogens is 430 g/mol. The minimum Gasteiger partial charge on any atom is -0.480 e. The maximum absolute atomic E-state index is 13.0. The molecule has 0 radical (unpaired) electrons. The predicted octanol–water partition coefficient (Wildman–Crippen LogP) is -0.801. The Balaban J connectivity index is 5.39. The Labute approximate surface area is 187 Å². The first-order valence-electron chi connectivity index (χ1n) is 10.3. The number of carboxylic acids is 2. The number of nitrogens with one attached hydrogen (secondary N) is 1. The Morgan fingerprint density at radius 3 is 2.23 bits per heavy atom. The van der Waals surface area contributed by atoms with Gasteiger partial charge in [-0.15, -0.1) is 0 Å². The molecule has 0 saturated heterocycles. The lowest BCUT2D eigenvalue weighted by atomic mass is 9.99. The topological polar surface area (TPSA) is 190 Å². The van der Waals surface area contributed by atoms with Gasteiger partial charge in [-0.05, 0) is 19.3 Å². The van der Waals surface area contributed by atoms with Crippen molar-refractivity contribution in [2.75, 3.05) is 18.9 Å². The summed E-state index contributed by atoms with van der Waals surface area (Å²) in [6.45, 7) is 0.892. The molecule has 0 aromatic carbocycles. The third-order valence-electron chi connectivity index (χ3n) is 4.78. The van der Waals surface area contributed by atoms with Gasteiger partial charge in [0.25, 0.3) is 0 Å². The van der Waals surface area contributed by atoms with Gasteiger partial charge in [-0.2, -0.15) is 12.6 Å². The Hall–Kier alpha value is -1.89. The predicted molar refractivity (Wildman–Crippen MR) is 116 cm³/mol. The normalized spacial score (nSPS) is 14.9. The molecule has 0 saturated carbocycles. The number of hydrogen-bond donors (Lipinski definition) is 7. The molecule has 4 atom stereocenters. The van der Waals surface area contributed by atoms with E-state index < -0.39 is 54.5 Å². The summed E-state index contributed by atoms with van der Waals surface area (Å²) in [4.78, 5) is 48.2. The standard InChI is InChI=1S/C19H35N3O8S/c1-2-3-4-5-15(24)14(8-9-23)22(10-17(26)27)18(28)13(11-31)21-16(25)7-6-12(20)19(29)30/h12-15,23-24,31H,2-11,20H2,1H3,(H,21,25)(H,26,27)(H,29,30). The molecule has 11 nitrogen and oxygen atoms in total. The van der Waals surface area contributed by atoms with E-state index in [1.54, 1.807) is 0 Å². The molecular formula is C19H35N3O8S. The van der Waals surface area contributed by atoms with E-state index in [-0.39, 0.29) is 31.6 Å². The average Bonchev–Trinajstić information content (AvgIpc) is 2.71. The first-order chi connectivity index (χ1) is 14.6. The molecule has 0 bridgehead atoms. The first-order valence-corrected chi connectivity index (χ1v) is 10.9. The lowest BCUT2D eigenvalue weighted by molar-refractivity contribution is -0.150. The Morgan fingerprint density at radius 1 is 1.10 bits per heavy atom. The number of aliphatic carboxylic acids is 2. The van der Waals surface area contributed by atoms with Gasteiger partial charge in [-0.25, -0.2) is 0 Å². The number of aliphatic hydroxyl groups excluding tert-OH is 2. The third-order valence-corrected chi connectivity index (χ3v) is 5.14. The molecule has 7 N–H and O–H groups in total. The summed E-state index contributed by atoms with van der Waals surface area (Å²) in [6, 6.07) is -3.38. The van der Waals surface area contributed by atoms with E-state index in [1.807, 2.05) is 6.92 Å². The summed E-state index contributed by atoms with van der Waals surface area (Å²) in [5.41, 5.74) is 5.36. The number of carboxylic acid groups (broad SMARTS) is 2. The van der Waals surface area contributed by atoms with Crippen molar-refractivity contribution in [3.8, 4) is 0 Å². The zero-order valence-electron chi connectivity index (χ0n) is 17.8. The quantitative estimate of drug-likeness (QED) is 0.106. The van der Waals surface area contributed by atoms with Gasteiger partial charge < -0.3 is 36.4 Å². The molecule has 0 aromatic heterocycles. The summed E-state index contributed by atoms with van der Waals surface area (Å²) in [7, 11) is 0. The van der Waals surface area contributed by atoms with E-state index in [9.17, 15) is 34.5 Å². The van der Waals surface area contributed by atoms with E-state index in [4.69, 9.17) is 10.8 Å². The number of aliphatic hydroxyl groups is 2. The highest BCUT2D eigenvalue weighted by molar-refractivity contribution is 7.80. The number of thiol groups is 1. The van der Waals surface area contributed by atoms with Crippen LogP contribution in [0.1, 0.15) is 51.9 Å². The average molecular weight is 466 g/mol. The molecule has 0 aromatic rings. The lowest BCUT2D eigenvalue weighted by Gasteiger charge is -2.36. The molecule has 0 aliphatic rings. The number of nitrogens with two attached hydrogens (primary N) is 1. The molecule has 0 aliphatic carbocycles. The van der Waals surface area contributed by atoms with Crippen LogP contribution in [0.5, 0.6) is 0 Å². The van der Waals surface area contributed by atoms with Crippen LogP contribution in [0, 0.1) is 0 Å². The summed E-state index contributed by atoms with van der Waals surface area (Å²) < 4.78 is 0. The van der Waals surface area contributed by atoms with Gasteiger partial charge in [0.05, 0.1) is 12.1 Å². The molecule has 0 heterocycles. The van der Waals surface area contributed by atoms with E-state index in [1.165, 1.54) is 0 Å². The van der Waals surface area contributed by atoms with E-state index in [0.717, 1.165) is 17.7 Å². The van der Waals surface area contributed by atoms with Crippen LogP contribution in [0.2, 0.25) is 0 Å². The van der Waals surface area contributed by atoms with Gasteiger partial charge in [0, 0.05) is 18.8 Å². The highest BCUT2D eigenvalue weighted by atomic mass is 32.1. The number of hydrogen-bond acceptors (Lipinski definition) is 8. The highest BCUT2D eigenvalue weighted by Crippen LogP contribution is 2.17. The van der Waals surface area contributed by atoms with Crippen LogP contribution in [-0.2, 0) is 19.2 Å². The maximum Gasteiger partial charge on any atom is 0.323 e. The largest absolute Gasteiger partial charge is 0.480 e. The smallest absolute Gasteiger partial charge is 0.323 e. The maximum atomic E-state index is 13.0. The van der Waals surface area contributed by atoms with Gasteiger partial charge in [0.1, 0.15) is 18.6 Å². The molecule has 0 rings (SSSR count). The monoisotopic (exact) mass is 465 g/mol. The van der Waals surface area contributed by atoms with Gasteiger partial charge in [0.2, 0.25) is 11.8 Å². The Kier molecular flexibility index (Phi) is 14.9. The molecule has 0 fully saturated rings. The SMILES string of the molecule is CCCCCC(O)C(CCO)N(CC(=O)O)C(=O)C(CS)NC(=O)CCC(N)C(=O)O. The van der Waals surface area contributed by atoms with E-state index in [2.05, 4.69) is 17.9 Å².